The van der Waals surface area contributed by atoms with Gasteiger partial charge in [-0.15, -0.1) is 23.2 Å². The van der Waals surface area contributed by atoms with Crippen LogP contribution in [0.2, 0.25) is 0 Å². The summed E-state index contributed by atoms with van der Waals surface area (Å²) in [6, 6.07) is 7.45. The Balaban J connectivity index is 1.91. The zero-order valence-electron chi connectivity index (χ0n) is 10.9. The highest BCUT2D eigenvalue weighted by molar-refractivity contribution is 6.53. The summed E-state index contributed by atoms with van der Waals surface area (Å²) in [5.41, 5.74) is 1.14. The minimum absolute atomic E-state index is 0.128. The predicted octanol–water partition coefficient (Wildman–Crippen LogP) is 2.94. The van der Waals surface area contributed by atoms with Crippen molar-refractivity contribution in [3.8, 4) is 0 Å². The van der Waals surface area contributed by atoms with Crippen LogP contribution >= 0.6 is 23.2 Å². The lowest BCUT2D eigenvalue weighted by molar-refractivity contribution is -0.125. The summed E-state index contributed by atoms with van der Waals surface area (Å²) >= 11 is 11.9. The molecule has 0 bridgehead atoms. The standard InChI is InChI=1S/C14H17Cl2NO2/c1-9(18)11-5-3-10(4-6-11)7-17-12(19)13(2)8-14(13,15)16/h3-6,9,18H,7-8H2,1-2H3,(H,17,19)/t9-,13-/m1/s1. The molecular weight excluding hydrogens is 285 g/mol. The molecule has 104 valence electrons. The molecule has 0 aromatic heterocycles. The third kappa shape index (κ3) is 2.88. The molecule has 1 aliphatic rings. The van der Waals surface area contributed by atoms with E-state index in [-0.39, 0.29) is 5.91 Å². The zero-order chi connectivity index (χ0) is 14.3. The first kappa shape index (κ1) is 14.6. The van der Waals surface area contributed by atoms with Gasteiger partial charge in [0.25, 0.3) is 0 Å². The van der Waals surface area contributed by atoms with Gasteiger partial charge in [-0.05, 0) is 31.4 Å². The average molecular weight is 302 g/mol. The first-order valence-electron chi connectivity index (χ1n) is 6.19. The molecule has 1 amide bonds. The SMILES string of the molecule is C[C@@H](O)c1ccc(CNC(=O)[C@@]2(C)CC2(Cl)Cl)cc1. The number of rotatable bonds is 4. The molecule has 1 fully saturated rings. The Bertz CT molecular complexity index is 485. The smallest absolute Gasteiger partial charge is 0.229 e. The Morgan fingerprint density at radius 3 is 2.37 bits per heavy atom. The Morgan fingerprint density at radius 1 is 1.42 bits per heavy atom. The maximum absolute atomic E-state index is 12.0. The topological polar surface area (TPSA) is 49.3 Å². The first-order valence-corrected chi connectivity index (χ1v) is 6.95. The molecule has 0 aliphatic heterocycles. The maximum Gasteiger partial charge on any atom is 0.229 e. The quantitative estimate of drug-likeness (QED) is 0.840. The summed E-state index contributed by atoms with van der Waals surface area (Å²) in [5, 5.41) is 12.2. The van der Waals surface area contributed by atoms with Crippen molar-refractivity contribution in [3.05, 3.63) is 35.4 Å². The fourth-order valence-electron chi connectivity index (χ4n) is 1.94. The van der Waals surface area contributed by atoms with E-state index in [9.17, 15) is 9.90 Å². The van der Waals surface area contributed by atoms with E-state index < -0.39 is 15.9 Å². The van der Waals surface area contributed by atoms with E-state index in [1.807, 2.05) is 24.3 Å². The van der Waals surface area contributed by atoms with Crippen LogP contribution in [-0.4, -0.2) is 15.3 Å². The number of benzene rings is 1. The van der Waals surface area contributed by atoms with E-state index >= 15 is 0 Å². The Morgan fingerprint density at radius 2 is 1.95 bits per heavy atom. The van der Waals surface area contributed by atoms with Gasteiger partial charge in [-0.2, -0.15) is 0 Å². The third-order valence-electron chi connectivity index (χ3n) is 3.67. The molecule has 2 atom stereocenters. The van der Waals surface area contributed by atoms with E-state index in [0.717, 1.165) is 11.1 Å². The highest BCUT2D eigenvalue weighted by Crippen LogP contribution is 2.63. The lowest BCUT2D eigenvalue weighted by Crippen LogP contribution is -2.32. The van der Waals surface area contributed by atoms with Crippen LogP contribution in [-0.2, 0) is 11.3 Å². The molecule has 0 saturated heterocycles. The number of alkyl halides is 2. The second kappa shape index (κ2) is 4.97. The first-order chi connectivity index (χ1) is 8.76. The number of halogens is 2. The molecule has 1 aromatic carbocycles. The van der Waals surface area contributed by atoms with Gasteiger partial charge in [0.1, 0.15) is 4.33 Å². The number of amides is 1. The largest absolute Gasteiger partial charge is 0.389 e. The van der Waals surface area contributed by atoms with Crippen molar-refractivity contribution < 1.29 is 9.90 Å². The highest BCUT2D eigenvalue weighted by Gasteiger charge is 2.67. The van der Waals surface area contributed by atoms with E-state index in [0.29, 0.717) is 13.0 Å². The van der Waals surface area contributed by atoms with Crippen LogP contribution in [0.1, 0.15) is 37.5 Å². The normalized spacial score (nSPS) is 25.7. The lowest BCUT2D eigenvalue weighted by atomic mass is 10.1. The molecule has 19 heavy (non-hydrogen) atoms. The van der Waals surface area contributed by atoms with Crippen molar-refractivity contribution in [1.29, 1.82) is 0 Å². The lowest BCUT2D eigenvalue weighted by Gasteiger charge is -2.13. The second-order valence-corrected chi connectivity index (χ2v) is 6.80. The van der Waals surface area contributed by atoms with Crippen molar-refractivity contribution in [1.82, 2.24) is 5.32 Å². The Hall–Kier alpha value is -0.770. The van der Waals surface area contributed by atoms with Crippen molar-refractivity contribution in [2.75, 3.05) is 0 Å². The summed E-state index contributed by atoms with van der Waals surface area (Å²) in [6.07, 6.45) is -0.00209. The number of aliphatic hydroxyl groups is 1. The second-order valence-electron chi connectivity index (χ2n) is 5.31. The van der Waals surface area contributed by atoms with E-state index in [4.69, 9.17) is 23.2 Å². The predicted molar refractivity (Wildman–Crippen MR) is 76.1 cm³/mol. The molecule has 2 N–H and O–H groups in total. The fraction of sp³-hybridized carbons (Fsp3) is 0.500. The minimum Gasteiger partial charge on any atom is -0.389 e. The van der Waals surface area contributed by atoms with Gasteiger partial charge in [0, 0.05) is 6.54 Å². The van der Waals surface area contributed by atoms with Crippen LogP contribution in [0.5, 0.6) is 0 Å². The van der Waals surface area contributed by atoms with Gasteiger partial charge < -0.3 is 10.4 Å². The van der Waals surface area contributed by atoms with Crippen LogP contribution < -0.4 is 5.32 Å². The zero-order valence-corrected chi connectivity index (χ0v) is 12.4. The van der Waals surface area contributed by atoms with Crippen LogP contribution in [0.3, 0.4) is 0 Å². The number of hydrogen-bond acceptors (Lipinski definition) is 2. The molecule has 0 radical (unpaired) electrons. The number of aliphatic hydroxyl groups excluding tert-OH is 1. The van der Waals surface area contributed by atoms with Crippen molar-refractivity contribution in [3.63, 3.8) is 0 Å². The van der Waals surface area contributed by atoms with E-state index in [1.165, 1.54) is 0 Å². The van der Waals surface area contributed by atoms with Crippen LogP contribution in [0.4, 0.5) is 0 Å². The Kier molecular flexibility index (Phi) is 3.83. The fourth-order valence-corrected chi connectivity index (χ4v) is 2.64. The molecule has 1 aliphatic carbocycles. The molecule has 1 aromatic rings. The molecule has 1 saturated carbocycles. The van der Waals surface area contributed by atoms with Crippen LogP contribution in [0, 0.1) is 5.41 Å². The number of carbonyl (C=O) groups excluding carboxylic acids is 1. The average Bonchev–Trinajstić information content (AvgIpc) is 2.87. The molecule has 3 nitrogen and oxygen atoms in total. The van der Waals surface area contributed by atoms with Gasteiger partial charge in [-0.1, -0.05) is 24.3 Å². The van der Waals surface area contributed by atoms with Gasteiger partial charge in [0.15, 0.2) is 0 Å². The number of nitrogens with one attached hydrogen (secondary N) is 1. The van der Waals surface area contributed by atoms with Crippen molar-refractivity contribution >= 4 is 29.1 Å². The van der Waals surface area contributed by atoms with Gasteiger partial charge in [0.05, 0.1) is 11.5 Å². The monoisotopic (exact) mass is 301 g/mol. The summed E-state index contributed by atoms with van der Waals surface area (Å²) in [6.45, 7) is 3.91. The molecule has 2 rings (SSSR count). The summed E-state index contributed by atoms with van der Waals surface area (Å²) < 4.78 is -0.937. The Labute approximate surface area is 122 Å². The van der Waals surface area contributed by atoms with Gasteiger partial charge in [-0.3, -0.25) is 4.79 Å². The van der Waals surface area contributed by atoms with Gasteiger partial charge in [0.2, 0.25) is 5.91 Å². The van der Waals surface area contributed by atoms with Gasteiger partial charge in [-0.25, -0.2) is 0 Å². The number of hydrogen-bond donors (Lipinski definition) is 2. The van der Waals surface area contributed by atoms with E-state index in [1.54, 1.807) is 13.8 Å². The summed E-state index contributed by atoms with van der Waals surface area (Å²) in [7, 11) is 0. The highest BCUT2D eigenvalue weighted by atomic mass is 35.5. The summed E-state index contributed by atoms with van der Waals surface area (Å²) in [5.74, 6) is -0.128. The van der Waals surface area contributed by atoms with Crippen molar-refractivity contribution in [2.45, 2.75) is 37.3 Å². The number of carbonyl (C=O) groups is 1. The molecule has 0 unspecified atom stereocenters. The molecular formula is C14H17Cl2NO2. The van der Waals surface area contributed by atoms with Gasteiger partial charge >= 0.3 is 0 Å². The summed E-state index contributed by atoms with van der Waals surface area (Å²) in [4.78, 5) is 12.0. The van der Waals surface area contributed by atoms with Crippen molar-refractivity contribution in [2.24, 2.45) is 5.41 Å². The molecule has 0 spiro atoms. The molecule has 5 heteroatoms. The maximum atomic E-state index is 12.0. The van der Waals surface area contributed by atoms with Crippen LogP contribution in [0.15, 0.2) is 24.3 Å². The third-order valence-corrected chi connectivity index (χ3v) is 4.78. The van der Waals surface area contributed by atoms with E-state index in [2.05, 4.69) is 5.32 Å². The van der Waals surface area contributed by atoms with Crippen LogP contribution in [0.25, 0.3) is 0 Å². The molecule has 0 heterocycles. The minimum atomic E-state index is -0.937.